The second-order valence-corrected chi connectivity index (χ2v) is 8.03. The van der Waals surface area contributed by atoms with Crippen molar-refractivity contribution in [3.05, 3.63) is 64.2 Å². The van der Waals surface area contributed by atoms with Gasteiger partial charge in [0.05, 0.1) is 12.0 Å². The maximum absolute atomic E-state index is 11.0. The number of aliphatic carboxylic acids is 1. The summed E-state index contributed by atoms with van der Waals surface area (Å²) in [5, 5.41) is 9.85. The third-order valence-electron chi connectivity index (χ3n) is 5.63. The van der Waals surface area contributed by atoms with Crippen LogP contribution in [0, 0.1) is 12.8 Å². The van der Waals surface area contributed by atoms with E-state index in [-0.39, 0.29) is 12.0 Å². The minimum Gasteiger partial charge on any atom is -0.481 e. The van der Waals surface area contributed by atoms with Gasteiger partial charge in [0, 0.05) is 36.9 Å². The van der Waals surface area contributed by atoms with Crippen LogP contribution in [0.25, 0.3) is 0 Å². The summed E-state index contributed by atoms with van der Waals surface area (Å²) < 4.78 is 0. The average Bonchev–Trinajstić information content (AvgIpc) is 2.64. The first-order valence-electron chi connectivity index (χ1n) is 9.99. The van der Waals surface area contributed by atoms with Crippen molar-refractivity contribution in [2.75, 3.05) is 24.5 Å². The summed E-state index contributed by atoms with van der Waals surface area (Å²) >= 11 is 6.22. The fourth-order valence-electron chi connectivity index (χ4n) is 4.04. The zero-order chi connectivity index (χ0) is 20.3. The van der Waals surface area contributed by atoms with Gasteiger partial charge in [0.25, 0.3) is 0 Å². The van der Waals surface area contributed by atoms with E-state index in [9.17, 15) is 4.79 Å². The molecule has 0 amide bonds. The SMILES string of the molecule is CCC(c1cccc(CN2CC(C(=O)O)C2)c1)N(CC)c1ccc(Cl)c(C)c1. The van der Waals surface area contributed by atoms with E-state index in [1.165, 1.54) is 16.8 Å². The van der Waals surface area contributed by atoms with Crippen molar-refractivity contribution in [1.29, 1.82) is 0 Å². The third kappa shape index (κ3) is 4.50. The average molecular weight is 401 g/mol. The summed E-state index contributed by atoms with van der Waals surface area (Å²) in [5.74, 6) is -0.900. The predicted octanol–water partition coefficient (Wildman–Crippen LogP) is 5.14. The van der Waals surface area contributed by atoms with Gasteiger partial charge in [-0.2, -0.15) is 0 Å². The van der Waals surface area contributed by atoms with Crippen molar-refractivity contribution in [3.8, 4) is 0 Å². The molecule has 1 fully saturated rings. The molecule has 1 aliphatic heterocycles. The topological polar surface area (TPSA) is 43.8 Å². The normalized spacial score (nSPS) is 15.9. The van der Waals surface area contributed by atoms with E-state index in [1.54, 1.807) is 0 Å². The summed E-state index contributed by atoms with van der Waals surface area (Å²) in [6.07, 6.45) is 1.00. The van der Waals surface area contributed by atoms with Crippen molar-refractivity contribution in [3.63, 3.8) is 0 Å². The smallest absolute Gasteiger partial charge is 0.309 e. The van der Waals surface area contributed by atoms with E-state index in [4.69, 9.17) is 16.7 Å². The first-order valence-corrected chi connectivity index (χ1v) is 10.4. The fraction of sp³-hybridized carbons (Fsp3) is 0.435. The monoisotopic (exact) mass is 400 g/mol. The van der Waals surface area contributed by atoms with Crippen molar-refractivity contribution in [2.24, 2.45) is 5.92 Å². The summed E-state index contributed by atoms with van der Waals surface area (Å²) in [5.41, 5.74) is 4.81. The molecular formula is C23H29ClN2O2. The molecule has 1 heterocycles. The highest BCUT2D eigenvalue weighted by Gasteiger charge is 2.32. The van der Waals surface area contributed by atoms with Gasteiger partial charge in [-0.05, 0) is 55.2 Å². The number of likely N-dealkylation sites (tertiary alicyclic amines) is 1. The van der Waals surface area contributed by atoms with E-state index < -0.39 is 5.97 Å². The standard InChI is InChI=1S/C23H29ClN2O2/c1-4-22(26(5-2)20-9-10-21(24)16(3)11-20)18-8-6-7-17(12-18)13-25-14-19(15-25)23(27)28/h6-12,19,22H,4-5,13-15H2,1-3H3,(H,27,28). The molecule has 2 aromatic carbocycles. The van der Waals surface area contributed by atoms with E-state index >= 15 is 0 Å². The summed E-state index contributed by atoms with van der Waals surface area (Å²) in [4.78, 5) is 15.6. The van der Waals surface area contributed by atoms with Crippen molar-refractivity contribution < 1.29 is 9.90 Å². The van der Waals surface area contributed by atoms with Crippen LogP contribution < -0.4 is 4.90 Å². The molecule has 0 aliphatic carbocycles. The summed E-state index contributed by atoms with van der Waals surface area (Å²) in [6, 6.07) is 15.2. The number of rotatable bonds is 8. The number of nitrogens with zero attached hydrogens (tertiary/aromatic N) is 2. The Kier molecular flexibility index (Phi) is 6.63. The molecule has 0 bridgehead atoms. The molecule has 3 rings (SSSR count). The molecule has 0 saturated carbocycles. The van der Waals surface area contributed by atoms with Gasteiger partial charge < -0.3 is 10.0 Å². The number of hydrogen-bond donors (Lipinski definition) is 1. The van der Waals surface area contributed by atoms with Crippen molar-refractivity contribution in [1.82, 2.24) is 4.90 Å². The highest BCUT2D eigenvalue weighted by atomic mass is 35.5. The second kappa shape index (κ2) is 8.97. The largest absolute Gasteiger partial charge is 0.481 e. The molecule has 4 nitrogen and oxygen atoms in total. The Balaban J connectivity index is 1.77. The highest BCUT2D eigenvalue weighted by Crippen LogP contribution is 2.32. The fourth-order valence-corrected chi connectivity index (χ4v) is 4.16. The van der Waals surface area contributed by atoms with Crippen LogP contribution in [0.4, 0.5) is 5.69 Å². The first-order chi connectivity index (χ1) is 13.4. The second-order valence-electron chi connectivity index (χ2n) is 7.62. The molecule has 150 valence electrons. The van der Waals surface area contributed by atoms with E-state index in [2.05, 4.69) is 60.0 Å². The predicted molar refractivity (Wildman–Crippen MR) is 115 cm³/mol. The molecule has 1 unspecified atom stereocenters. The van der Waals surface area contributed by atoms with Gasteiger partial charge in [0.2, 0.25) is 0 Å². The molecule has 0 aromatic heterocycles. The van der Waals surface area contributed by atoms with Gasteiger partial charge in [-0.3, -0.25) is 9.69 Å². The Morgan fingerprint density at radius 1 is 1.25 bits per heavy atom. The van der Waals surface area contributed by atoms with Crippen molar-refractivity contribution >= 4 is 23.3 Å². The van der Waals surface area contributed by atoms with Crippen LogP contribution >= 0.6 is 11.6 Å². The molecule has 0 spiro atoms. The molecule has 1 atom stereocenters. The van der Waals surface area contributed by atoms with Crippen LogP contribution in [0.3, 0.4) is 0 Å². The van der Waals surface area contributed by atoms with Crippen LogP contribution in [0.2, 0.25) is 5.02 Å². The van der Waals surface area contributed by atoms with E-state index in [1.807, 2.05) is 13.0 Å². The lowest BCUT2D eigenvalue weighted by atomic mass is 9.97. The van der Waals surface area contributed by atoms with Crippen LogP contribution in [-0.2, 0) is 11.3 Å². The Morgan fingerprint density at radius 3 is 2.61 bits per heavy atom. The van der Waals surface area contributed by atoms with Crippen LogP contribution in [0.5, 0.6) is 0 Å². The Hall–Kier alpha value is -2.04. The van der Waals surface area contributed by atoms with Crippen LogP contribution in [-0.4, -0.2) is 35.6 Å². The number of anilines is 1. The third-order valence-corrected chi connectivity index (χ3v) is 6.05. The molecule has 1 saturated heterocycles. The minimum absolute atomic E-state index is 0.213. The van der Waals surface area contributed by atoms with E-state index in [0.29, 0.717) is 13.1 Å². The lowest BCUT2D eigenvalue weighted by Gasteiger charge is -2.37. The molecule has 1 N–H and O–H groups in total. The summed E-state index contributed by atoms with van der Waals surface area (Å²) in [7, 11) is 0. The number of carbonyl (C=O) groups is 1. The quantitative estimate of drug-likeness (QED) is 0.666. The molecule has 1 aliphatic rings. The van der Waals surface area contributed by atoms with Gasteiger partial charge in [-0.15, -0.1) is 0 Å². The lowest BCUT2D eigenvalue weighted by molar-refractivity contribution is -0.147. The number of aryl methyl sites for hydroxylation is 1. The van der Waals surface area contributed by atoms with Gasteiger partial charge in [-0.25, -0.2) is 0 Å². The Labute approximate surface area is 172 Å². The number of hydrogen-bond acceptors (Lipinski definition) is 3. The first kappa shape index (κ1) is 20.7. The number of carboxylic acids is 1. The Bertz CT molecular complexity index is 833. The maximum atomic E-state index is 11.0. The molecule has 0 radical (unpaired) electrons. The number of carboxylic acid groups (broad SMARTS) is 1. The molecule has 5 heteroatoms. The van der Waals surface area contributed by atoms with Gasteiger partial charge in [0.15, 0.2) is 0 Å². The number of benzene rings is 2. The molecule has 2 aromatic rings. The molecule has 28 heavy (non-hydrogen) atoms. The summed E-state index contributed by atoms with van der Waals surface area (Å²) in [6.45, 7) is 9.44. The lowest BCUT2D eigenvalue weighted by Crippen LogP contribution is -2.49. The van der Waals surface area contributed by atoms with Gasteiger partial charge in [-0.1, -0.05) is 42.8 Å². The van der Waals surface area contributed by atoms with Crippen LogP contribution in [0.15, 0.2) is 42.5 Å². The van der Waals surface area contributed by atoms with Crippen LogP contribution in [0.1, 0.15) is 43.0 Å². The zero-order valence-corrected chi connectivity index (χ0v) is 17.6. The zero-order valence-electron chi connectivity index (χ0n) is 16.9. The van der Waals surface area contributed by atoms with Gasteiger partial charge in [0.1, 0.15) is 0 Å². The maximum Gasteiger partial charge on any atom is 0.309 e. The Morgan fingerprint density at radius 2 is 2.00 bits per heavy atom. The van der Waals surface area contributed by atoms with E-state index in [0.717, 1.165) is 30.1 Å². The van der Waals surface area contributed by atoms with Gasteiger partial charge >= 0.3 is 5.97 Å². The molecular weight excluding hydrogens is 372 g/mol. The highest BCUT2D eigenvalue weighted by molar-refractivity contribution is 6.31. The minimum atomic E-state index is -0.687. The number of halogens is 1. The van der Waals surface area contributed by atoms with Crippen molar-refractivity contribution in [2.45, 2.75) is 39.8 Å².